The molecule has 1 heterocycles. The molecule has 0 aliphatic carbocycles. The minimum Gasteiger partial charge on any atom is -0.494 e. The van der Waals surface area contributed by atoms with Gasteiger partial charge in [-0.2, -0.15) is 0 Å². The summed E-state index contributed by atoms with van der Waals surface area (Å²) in [6.07, 6.45) is 3.10. The zero-order chi connectivity index (χ0) is 20.0. The molecule has 27 heavy (non-hydrogen) atoms. The quantitative estimate of drug-likeness (QED) is 0.697. The van der Waals surface area contributed by atoms with Crippen molar-refractivity contribution in [2.75, 3.05) is 34.4 Å². The van der Waals surface area contributed by atoms with E-state index >= 15 is 0 Å². The fraction of sp³-hybridized carbons (Fsp3) is 0.389. The van der Waals surface area contributed by atoms with Crippen LogP contribution in [-0.2, 0) is 16.6 Å². The average molecular weight is 397 g/mol. The monoisotopic (exact) mass is 397 g/mol. The predicted molar refractivity (Wildman–Crippen MR) is 100 cm³/mol. The molecule has 148 valence electrons. The van der Waals surface area contributed by atoms with Crippen LogP contribution in [-0.4, -0.2) is 52.7 Å². The van der Waals surface area contributed by atoms with Gasteiger partial charge in [0.1, 0.15) is 12.4 Å². The Hall–Kier alpha value is -2.23. The standard InChI is InChI=1S/C18H24FN3O4S/c1-13-17(6-5-15(25-4)18(13)19)27(23,24)21-11-14-7-8-20-12-16(14)26-10-9-22(2)3/h5-8,12,21H,9-11H2,1-4H3. The Bertz CT molecular complexity index is 888. The number of rotatable bonds is 9. The Kier molecular flexibility index (Phi) is 7.11. The van der Waals surface area contributed by atoms with Gasteiger partial charge in [0.15, 0.2) is 11.6 Å². The van der Waals surface area contributed by atoms with Crippen molar-refractivity contribution in [1.29, 1.82) is 0 Å². The second-order valence-electron chi connectivity index (χ2n) is 6.16. The third kappa shape index (κ3) is 5.38. The Morgan fingerprint density at radius 3 is 2.63 bits per heavy atom. The van der Waals surface area contributed by atoms with Crippen molar-refractivity contribution in [3.05, 3.63) is 47.5 Å². The molecule has 2 rings (SSSR count). The van der Waals surface area contributed by atoms with Gasteiger partial charge in [-0.15, -0.1) is 0 Å². The smallest absolute Gasteiger partial charge is 0.241 e. The Morgan fingerprint density at radius 2 is 1.96 bits per heavy atom. The van der Waals surface area contributed by atoms with E-state index in [1.165, 1.54) is 32.4 Å². The molecule has 0 saturated heterocycles. The summed E-state index contributed by atoms with van der Waals surface area (Å²) in [5.74, 6) is -0.200. The molecule has 1 N–H and O–H groups in total. The fourth-order valence-corrected chi connectivity index (χ4v) is 3.61. The number of sulfonamides is 1. The summed E-state index contributed by atoms with van der Waals surface area (Å²) in [6, 6.07) is 4.29. The van der Waals surface area contributed by atoms with E-state index in [9.17, 15) is 12.8 Å². The summed E-state index contributed by atoms with van der Waals surface area (Å²) in [7, 11) is 1.26. The van der Waals surface area contributed by atoms with E-state index in [1.807, 2.05) is 19.0 Å². The highest BCUT2D eigenvalue weighted by Gasteiger charge is 2.21. The predicted octanol–water partition coefficient (Wildman–Crippen LogP) is 1.96. The summed E-state index contributed by atoms with van der Waals surface area (Å²) >= 11 is 0. The van der Waals surface area contributed by atoms with E-state index in [2.05, 4.69) is 9.71 Å². The molecule has 0 amide bonds. The number of hydrogen-bond donors (Lipinski definition) is 1. The second kappa shape index (κ2) is 9.12. The molecule has 9 heteroatoms. The minimum absolute atomic E-state index is 0.000894. The molecule has 0 spiro atoms. The van der Waals surface area contributed by atoms with Gasteiger partial charge in [0.25, 0.3) is 0 Å². The van der Waals surface area contributed by atoms with Gasteiger partial charge in [-0.3, -0.25) is 4.98 Å². The van der Waals surface area contributed by atoms with Crippen LogP contribution in [0.25, 0.3) is 0 Å². The summed E-state index contributed by atoms with van der Waals surface area (Å²) in [6.45, 7) is 2.55. The van der Waals surface area contributed by atoms with Crippen molar-refractivity contribution >= 4 is 10.0 Å². The van der Waals surface area contributed by atoms with Gasteiger partial charge in [-0.05, 0) is 39.2 Å². The largest absolute Gasteiger partial charge is 0.494 e. The molecule has 0 saturated carbocycles. The second-order valence-corrected chi connectivity index (χ2v) is 7.90. The first-order valence-corrected chi connectivity index (χ1v) is 9.77. The number of benzene rings is 1. The lowest BCUT2D eigenvalue weighted by molar-refractivity contribution is 0.258. The summed E-state index contributed by atoms with van der Waals surface area (Å²) in [4.78, 5) is 5.85. The highest BCUT2D eigenvalue weighted by molar-refractivity contribution is 7.89. The summed E-state index contributed by atoms with van der Waals surface area (Å²) in [5, 5.41) is 0. The van der Waals surface area contributed by atoms with Crippen molar-refractivity contribution in [1.82, 2.24) is 14.6 Å². The summed E-state index contributed by atoms with van der Waals surface area (Å²) < 4.78 is 52.4. The van der Waals surface area contributed by atoms with Crippen LogP contribution < -0.4 is 14.2 Å². The van der Waals surface area contributed by atoms with Gasteiger partial charge < -0.3 is 14.4 Å². The number of ether oxygens (including phenoxy) is 2. The Labute approximate surface area is 159 Å². The Morgan fingerprint density at radius 1 is 1.22 bits per heavy atom. The molecule has 1 aromatic carbocycles. The maximum absolute atomic E-state index is 14.2. The number of nitrogens with one attached hydrogen (secondary N) is 1. The third-order valence-electron chi connectivity index (χ3n) is 3.93. The lowest BCUT2D eigenvalue weighted by Gasteiger charge is -2.15. The molecule has 0 atom stereocenters. The van der Waals surface area contributed by atoms with Gasteiger partial charge in [-0.1, -0.05) is 0 Å². The number of nitrogens with zero attached hydrogens (tertiary/aromatic N) is 2. The van der Waals surface area contributed by atoms with Crippen LogP contribution in [0.2, 0.25) is 0 Å². The summed E-state index contributed by atoms with van der Waals surface area (Å²) in [5.41, 5.74) is 0.637. The molecule has 0 aliphatic heterocycles. The van der Waals surface area contributed by atoms with Crippen LogP contribution in [0.4, 0.5) is 4.39 Å². The van der Waals surface area contributed by atoms with E-state index < -0.39 is 15.8 Å². The number of methoxy groups -OCH3 is 1. The van der Waals surface area contributed by atoms with E-state index in [0.29, 0.717) is 24.5 Å². The van der Waals surface area contributed by atoms with Crippen LogP contribution in [0, 0.1) is 12.7 Å². The Balaban J connectivity index is 2.15. The van der Waals surface area contributed by atoms with Crippen LogP contribution in [0.3, 0.4) is 0 Å². The van der Waals surface area contributed by atoms with E-state index in [-0.39, 0.29) is 22.8 Å². The first kappa shape index (κ1) is 21.1. The molecule has 0 radical (unpaired) electrons. The molecule has 7 nitrogen and oxygen atoms in total. The van der Waals surface area contributed by atoms with Crippen LogP contribution >= 0.6 is 0 Å². The van der Waals surface area contributed by atoms with Crippen LogP contribution in [0.1, 0.15) is 11.1 Å². The SMILES string of the molecule is COc1ccc(S(=O)(=O)NCc2ccncc2OCCN(C)C)c(C)c1F. The number of pyridine rings is 1. The van der Waals surface area contributed by atoms with Crippen molar-refractivity contribution in [2.45, 2.75) is 18.4 Å². The first-order valence-electron chi connectivity index (χ1n) is 8.29. The lowest BCUT2D eigenvalue weighted by Crippen LogP contribution is -2.25. The zero-order valence-corrected chi connectivity index (χ0v) is 16.6. The van der Waals surface area contributed by atoms with Gasteiger partial charge in [-0.25, -0.2) is 17.5 Å². The molecule has 1 aromatic heterocycles. The van der Waals surface area contributed by atoms with Crippen molar-refractivity contribution in [2.24, 2.45) is 0 Å². The van der Waals surface area contributed by atoms with Crippen molar-refractivity contribution in [3.8, 4) is 11.5 Å². The molecule has 2 aromatic rings. The highest BCUT2D eigenvalue weighted by Crippen LogP contribution is 2.26. The van der Waals surface area contributed by atoms with Crippen molar-refractivity contribution in [3.63, 3.8) is 0 Å². The molecule has 0 fully saturated rings. The van der Waals surface area contributed by atoms with Crippen LogP contribution in [0.5, 0.6) is 11.5 Å². The van der Waals surface area contributed by atoms with Gasteiger partial charge in [0.05, 0.1) is 18.2 Å². The fourth-order valence-electron chi connectivity index (χ4n) is 2.36. The third-order valence-corrected chi connectivity index (χ3v) is 5.48. The van der Waals surface area contributed by atoms with E-state index in [1.54, 1.807) is 12.3 Å². The number of likely N-dealkylation sites (N-methyl/N-ethyl adjacent to an activating group) is 1. The van der Waals surface area contributed by atoms with Gasteiger partial charge in [0.2, 0.25) is 10.0 Å². The lowest BCUT2D eigenvalue weighted by atomic mass is 10.2. The van der Waals surface area contributed by atoms with Crippen molar-refractivity contribution < 1.29 is 22.3 Å². The number of halogens is 1. The maximum atomic E-state index is 14.2. The van der Waals surface area contributed by atoms with Crippen LogP contribution in [0.15, 0.2) is 35.5 Å². The normalized spacial score (nSPS) is 11.6. The first-order chi connectivity index (χ1) is 12.8. The molecular weight excluding hydrogens is 373 g/mol. The van der Waals surface area contributed by atoms with E-state index in [4.69, 9.17) is 9.47 Å². The zero-order valence-electron chi connectivity index (χ0n) is 15.8. The molecular formula is C18H24FN3O4S. The molecule has 0 bridgehead atoms. The maximum Gasteiger partial charge on any atom is 0.241 e. The molecule has 0 unspecified atom stereocenters. The number of aromatic nitrogens is 1. The van der Waals surface area contributed by atoms with Gasteiger partial charge >= 0.3 is 0 Å². The average Bonchev–Trinajstić information content (AvgIpc) is 2.62. The highest BCUT2D eigenvalue weighted by atomic mass is 32.2. The van der Waals surface area contributed by atoms with E-state index in [0.717, 1.165) is 0 Å². The van der Waals surface area contributed by atoms with Gasteiger partial charge in [0, 0.05) is 30.4 Å². The number of hydrogen-bond acceptors (Lipinski definition) is 6. The minimum atomic E-state index is -3.92. The topological polar surface area (TPSA) is 80.8 Å². The molecule has 0 aliphatic rings.